The molecule has 0 radical (unpaired) electrons. The highest BCUT2D eigenvalue weighted by Crippen LogP contribution is 2.18. The lowest BCUT2D eigenvalue weighted by molar-refractivity contribution is 0.0858. The van der Waals surface area contributed by atoms with Gasteiger partial charge in [-0.2, -0.15) is 0 Å². The van der Waals surface area contributed by atoms with Crippen LogP contribution in [0.25, 0.3) is 0 Å². The van der Waals surface area contributed by atoms with Gasteiger partial charge in [0.25, 0.3) is 11.8 Å². The van der Waals surface area contributed by atoms with Crippen LogP contribution in [0.15, 0.2) is 48.5 Å². The van der Waals surface area contributed by atoms with E-state index in [1.54, 1.807) is 48.5 Å². The third-order valence-electron chi connectivity index (χ3n) is 4.82. The van der Waals surface area contributed by atoms with Gasteiger partial charge in [-0.3, -0.25) is 9.59 Å². The Morgan fingerprint density at radius 2 is 1.90 bits per heavy atom. The van der Waals surface area contributed by atoms with E-state index in [1.807, 2.05) is 0 Å². The van der Waals surface area contributed by atoms with Crippen LogP contribution < -0.4 is 15.4 Å². The first kappa shape index (κ1) is 20.9. The molecule has 0 aliphatic carbocycles. The lowest BCUT2D eigenvalue weighted by atomic mass is 10.1. The Morgan fingerprint density at radius 3 is 2.62 bits per heavy atom. The van der Waals surface area contributed by atoms with Gasteiger partial charge in [0.1, 0.15) is 5.75 Å². The van der Waals surface area contributed by atoms with E-state index in [0.29, 0.717) is 30.0 Å². The lowest BCUT2D eigenvalue weighted by Gasteiger charge is -2.14. The van der Waals surface area contributed by atoms with E-state index in [9.17, 15) is 9.59 Å². The fraction of sp³-hybridized carbons (Fsp3) is 0.391. The summed E-state index contributed by atoms with van der Waals surface area (Å²) in [5.41, 5.74) is 1.41. The summed E-state index contributed by atoms with van der Waals surface area (Å²) >= 11 is 0. The Morgan fingerprint density at radius 1 is 1.10 bits per heavy atom. The maximum atomic E-state index is 12.6. The van der Waals surface area contributed by atoms with Crippen molar-refractivity contribution in [2.75, 3.05) is 25.1 Å². The maximum Gasteiger partial charge on any atom is 0.255 e. The first-order valence-corrected chi connectivity index (χ1v) is 10.2. The van der Waals surface area contributed by atoms with Crippen LogP contribution in [0.4, 0.5) is 5.69 Å². The minimum atomic E-state index is -0.274. The van der Waals surface area contributed by atoms with E-state index >= 15 is 0 Å². The molecule has 2 amide bonds. The van der Waals surface area contributed by atoms with Crippen LogP contribution in [-0.2, 0) is 4.74 Å². The SMILES string of the molecule is CCCCOc1ccc(C(=O)Nc2ccccc2C(=O)NCC2CCCO2)cc1. The van der Waals surface area contributed by atoms with Gasteiger partial charge in [0, 0.05) is 18.7 Å². The van der Waals surface area contributed by atoms with Gasteiger partial charge in [-0.25, -0.2) is 0 Å². The Labute approximate surface area is 171 Å². The molecule has 3 rings (SSSR count). The summed E-state index contributed by atoms with van der Waals surface area (Å²) in [5, 5.41) is 5.73. The smallest absolute Gasteiger partial charge is 0.255 e. The van der Waals surface area contributed by atoms with E-state index in [4.69, 9.17) is 9.47 Å². The molecule has 1 aliphatic heterocycles. The van der Waals surface area contributed by atoms with Crippen molar-refractivity contribution < 1.29 is 19.1 Å². The fourth-order valence-corrected chi connectivity index (χ4v) is 3.13. The van der Waals surface area contributed by atoms with E-state index in [1.165, 1.54) is 0 Å². The number of benzene rings is 2. The molecule has 1 atom stereocenters. The van der Waals surface area contributed by atoms with Gasteiger partial charge in [-0.15, -0.1) is 0 Å². The predicted octanol–water partition coefficient (Wildman–Crippen LogP) is 4.03. The van der Waals surface area contributed by atoms with E-state index in [-0.39, 0.29) is 17.9 Å². The van der Waals surface area contributed by atoms with Gasteiger partial charge in [-0.05, 0) is 55.7 Å². The fourth-order valence-electron chi connectivity index (χ4n) is 3.13. The molecular weight excluding hydrogens is 368 g/mol. The number of ether oxygens (including phenoxy) is 2. The highest BCUT2D eigenvalue weighted by atomic mass is 16.5. The molecule has 0 bridgehead atoms. The van der Waals surface area contributed by atoms with Gasteiger partial charge in [0.2, 0.25) is 0 Å². The van der Waals surface area contributed by atoms with Crippen LogP contribution in [0.2, 0.25) is 0 Å². The van der Waals surface area contributed by atoms with E-state index in [0.717, 1.165) is 38.0 Å². The maximum absolute atomic E-state index is 12.6. The highest BCUT2D eigenvalue weighted by molar-refractivity contribution is 6.09. The summed E-state index contributed by atoms with van der Waals surface area (Å²) in [4.78, 5) is 25.2. The number of nitrogens with one attached hydrogen (secondary N) is 2. The third kappa shape index (κ3) is 6.06. The number of carbonyl (C=O) groups is 2. The zero-order chi connectivity index (χ0) is 20.5. The lowest BCUT2D eigenvalue weighted by Crippen LogP contribution is -2.32. The van der Waals surface area contributed by atoms with Gasteiger partial charge in [-0.1, -0.05) is 25.5 Å². The molecule has 2 aromatic rings. The van der Waals surface area contributed by atoms with Crippen molar-refractivity contribution in [3.05, 3.63) is 59.7 Å². The van der Waals surface area contributed by atoms with E-state index < -0.39 is 0 Å². The standard InChI is InChI=1S/C23H28N2O4/c1-2-3-14-28-18-12-10-17(11-13-18)22(26)25-21-9-5-4-8-20(21)23(27)24-16-19-7-6-15-29-19/h4-5,8-13,19H,2-3,6-7,14-16H2,1H3,(H,24,27)(H,25,26). The van der Waals surface area contributed by atoms with Crippen LogP contribution in [0.3, 0.4) is 0 Å². The molecule has 1 aliphatic rings. The third-order valence-corrected chi connectivity index (χ3v) is 4.82. The number of unbranched alkanes of at least 4 members (excludes halogenated alkanes) is 1. The molecule has 1 unspecified atom stereocenters. The number of anilines is 1. The largest absolute Gasteiger partial charge is 0.494 e. The molecule has 2 N–H and O–H groups in total. The molecule has 6 nitrogen and oxygen atoms in total. The number of carbonyl (C=O) groups excluding carboxylic acids is 2. The summed E-state index contributed by atoms with van der Waals surface area (Å²) in [5.74, 6) is 0.240. The summed E-state index contributed by atoms with van der Waals surface area (Å²) in [6.07, 6.45) is 4.11. The van der Waals surface area contributed by atoms with Crippen molar-refractivity contribution in [2.24, 2.45) is 0 Å². The zero-order valence-electron chi connectivity index (χ0n) is 16.8. The number of rotatable bonds is 9. The molecular formula is C23H28N2O4. The van der Waals surface area contributed by atoms with Crippen LogP contribution >= 0.6 is 0 Å². The molecule has 2 aromatic carbocycles. The predicted molar refractivity (Wildman–Crippen MR) is 113 cm³/mol. The average Bonchev–Trinajstić information content (AvgIpc) is 3.27. The van der Waals surface area contributed by atoms with E-state index in [2.05, 4.69) is 17.6 Å². The van der Waals surface area contributed by atoms with Gasteiger partial charge in [0.05, 0.1) is 24.0 Å². The topological polar surface area (TPSA) is 76.7 Å². The Balaban J connectivity index is 1.60. The number of amides is 2. The summed E-state index contributed by atoms with van der Waals surface area (Å²) in [6.45, 7) is 3.99. The second kappa shape index (κ2) is 10.6. The average molecular weight is 396 g/mol. The highest BCUT2D eigenvalue weighted by Gasteiger charge is 2.18. The Hall–Kier alpha value is -2.86. The Bertz CT molecular complexity index is 814. The summed E-state index contributed by atoms with van der Waals surface area (Å²) in [6, 6.07) is 14.0. The van der Waals surface area contributed by atoms with Crippen molar-refractivity contribution >= 4 is 17.5 Å². The van der Waals surface area contributed by atoms with Crippen LogP contribution in [-0.4, -0.2) is 37.7 Å². The van der Waals surface area contributed by atoms with Crippen molar-refractivity contribution in [3.63, 3.8) is 0 Å². The second-order valence-electron chi connectivity index (χ2n) is 7.07. The molecule has 1 heterocycles. The monoisotopic (exact) mass is 396 g/mol. The van der Waals surface area contributed by atoms with Crippen molar-refractivity contribution in [1.82, 2.24) is 5.32 Å². The van der Waals surface area contributed by atoms with Crippen molar-refractivity contribution in [1.29, 1.82) is 0 Å². The molecule has 0 spiro atoms. The minimum absolute atomic E-state index is 0.0683. The van der Waals surface area contributed by atoms with Gasteiger partial charge >= 0.3 is 0 Å². The molecule has 1 fully saturated rings. The molecule has 154 valence electrons. The van der Waals surface area contributed by atoms with Crippen molar-refractivity contribution in [3.8, 4) is 5.75 Å². The second-order valence-corrected chi connectivity index (χ2v) is 7.07. The van der Waals surface area contributed by atoms with Gasteiger partial charge in [0.15, 0.2) is 0 Å². The zero-order valence-corrected chi connectivity index (χ0v) is 16.8. The molecule has 6 heteroatoms. The molecule has 0 saturated carbocycles. The number of hydrogen-bond donors (Lipinski definition) is 2. The number of hydrogen-bond acceptors (Lipinski definition) is 4. The number of para-hydroxylation sites is 1. The van der Waals surface area contributed by atoms with Crippen LogP contribution in [0.5, 0.6) is 5.75 Å². The molecule has 0 aromatic heterocycles. The van der Waals surface area contributed by atoms with Crippen LogP contribution in [0.1, 0.15) is 53.3 Å². The summed E-state index contributed by atoms with van der Waals surface area (Å²) < 4.78 is 11.2. The quantitative estimate of drug-likeness (QED) is 0.628. The Kier molecular flexibility index (Phi) is 7.64. The summed E-state index contributed by atoms with van der Waals surface area (Å²) in [7, 11) is 0. The minimum Gasteiger partial charge on any atom is -0.494 e. The molecule has 29 heavy (non-hydrogen) atoms. The first-order valence-electron chi connectivity index (χ1n) is 10.2. The first-order chi connectivity index (χ1) is 14.2. The van der Waals surface area contributed by atoms with Crippen molar-refractivity contribution in [2.45, 2.75) is 38.7 Å². The molecule has 1 saturated heterocycles. The normalized spacial score (nSPS) is 15.7. The van der Waals surface area contributed by atoms with Crippen LogP contribution in [0, 0.1) is 0 Å². The van der Waals surface area contributed by atoms with Gasteiger partial charge < -0.3 is 20.1 Å².